The SMILES string of the molecule is C[C@@H]1CCCCN1c1ccc(NC(=O)COc2ccc3ccccc3c2)cc1. The van der Waals surface area contributed by atoms with Crippen molar-refractivity contribution in [3.05, 3.63) is 66.7 Å². The summed E-state index contributed by atoms with van der Waals surface area (Å²) in [4.78, 5) is 14.7. The molecule has 0 spiro atoms. The standard InChI is InChI=1S/C24H26N2O2/c1-18-6-4-5-15-26(18)22-12-10-21(11-13-22)25-24(27)17-28-23-14-9-19-7-2-3-8-20(19)16-23/h2-3,7-14,16,18H,4-6,15,17H2,1H3,(H,25,27)/t18-/m1/s1. The predicted octanol–water partition coefficient (Wildman–Crippen LogP) is 5.24. The third-order valence-corrected chi connectivity index (χ3v) is 5.38. The molecule has 1 amide bonds. The number of nitrogens with zero attached hydrogens (tertiary/aromatic N) is 1. The minimum atomic E-state index is -0.160. The molecule has 1 saturated heterocycles. The van der Waals surface area contributed by atoms with Gasteiger partial charge in [-0.3, -0.25) is 4.79 Å². The molecule has 1 aliphatic heterocycles. The van der Waals surface area contributed by atoms with Gasteiger partial charge in [0.2, 0.25) is 0 Å². The van der Waals surface area contributed by atoms with Crippen molar-refractivity contribution in [2.75, 3.05) is 23.4 Å². The molecule has 0 unspecified atom stereocenters. The average Bonchev–Trinajstić information content (AvgIpc) is 2.73. The van der Waals surface area contributed by atoms with E-state index in [1.165, 1.54) is 24.9 Å². The number of benzene rings is 3. The molecule has 4 rings (SSSR count). The molecule has 1 atom stereocenters. The normalized spacial score (nSPS) is 16.8. The molecule has 3 aromatic carbocycles. The molecular weight excluding hydrogens is 348 g/mol. The van der Waals surface area contributed by atoms with Gasteiger partial charge in [-0.1, -0.05) is 30.3 Å². The van der Waals surface area contributed by atoms with Crippen molar-refractivity contribution in [2.24, 2.45) is 0 Å². The zero-order valence-electron chi connectivity index (χ0n) is 16.2. The summed E-state index contributed by atoms with van der Waals surface area (Å²) < 4.78 is 5.66. The number of nitrogens with one attached hydrogen (secondary N) is 1. The molecule has 1 fully saturated rings. The Morgan fingerprint density at radius 2 is 1.82 bits per heavy atom. The highest BCUT2D eigenvalue weighted by Crippen LogP contribution is 2.26. The number of piperidine rings is 1. The van der Waals surface area contributed by atoms with E-state index < -0.39 is 0 Å². The summed E-state index contributed by atoms with van der Waals surface area (Å²) in [6, 6.07) is 22.6. The molecule has 4 nitrogen and oxygen atoms in total. The first-order chi connectivity index (χ1) is 13.7. The first-order valence-electron chi connectivity index (χ1n) is 9.97. The molecule has 144 valence electrons. The Morgan fingerprint density at radius 1 is 1.04 bits per heavy atom. The van der Waals surface area contributed by atoms with Crippen molar-refractivity contribution in [3.8, 4) is 5.75 Å². The molecule has 0 aliphatic carbocycles. The van der Waals surface area contributed by atoms with Crippen LogP contribution in [0, 0.1) is 0 Å². The van der Waals surface area contributed by atoms with Crippen LogP contribution in [0.5, 0.6) is 5.75 Å². The molecule has 1 heterocycles. The smallest absolute Gasteiger partial charge is 0.262 e. The Kier molecular flexibility index (Phi) is 5.47. The lowest BCUT2D eigenvalue weighted by atomic mass is 10.0. The van der Waals surface area contributed by atoms with Crippen LogP contribution in [0.15, 0.2) is 66.7 Å². The Labute approximate surface area is 166 Å². The lowest BCUT2D eigenvalue weighted by molar-refractivity contribution is -0.118. The Morgan fingerprint density at radius 3 is 2.61 bits per heavy atom. The maximum absolute atomic E-state index is 12.2. The van der Waals surface area contributed by atoms with Crippen LogP contribution in [0.4, 0.5) is 11.4 Å². The number of fused-ring (bicyclic) bond motifs is 1. The molecular formula is C24H26N2O2. The molecule has 1 aliphatic rings. The van der Waals surface area contributed by atoms with E-state index in [0.29, 0.717) is 11.8 Å². The van der Waals surface area contributed by atoms with Crippen LogP contribution >= 0.6 is 0 Å². The van der Waals surface area contributed by atoms with E-state index in [1.54, 1.807) is 0 Å². The predicted molar refractivity (Wildman–Crippen MR) is 115 cm³/mol. The van der Waals surface area contributed by atoms with Crippen molar-refractivity contribution in [2.45, 2.75) is 32.2 Å². The van der Waals surface area contributed by atoms with Crippen molar-refractivity contribution < 1.29 is 9.53 Å². The summed E-state index contributed by atoms with van der Waals surface area (Å²) in [6.45, 7) is 3.37. The van der Waals surface area contributed by atoms with Crippen LogP contribution in [-0.4, -0.2) is 25.1 Å². The van der Waals surface area contributed by atoms with E-state index in [2.05, 4.69) is 35.3 Å². The van der Waals surface area contributed by atoms with E-state index in [1.807, 2.05) is 48.5 Å². The maximum Gasteiger partial charge on any atom is 0.262 e. The molecule has 0 saturated carbocycles. The van der Waals surface area contributed by atoms with Crippen LogP contribution in [-0.2, 0) is 4.79 Å². The monoisotopic (exact) mass is 374 g/mol. The number of carbonyl (C=O) groups is 1. The summed E-state index contributed by atoms with van der Waals surface area (Å²) in [6.07, 6.45) is 3.79. The van der Waals surface area contributed by atoms with Gasteiger partial charge < -0.3 is 15.0 Å². The number of amides is 1. The summed E-state index contributed by atoms with van der Waals surface area (Å²) >= 11 is 0. The van der Waals surface area contributed by atoms with Crippen molar-refractivity contribution in [1.29, 1.82) is 0 Å². The van der Waals surface area contributed by atoms with E-state index >= 15 is 0 Å². The topological polar surface area (TPSA) is 41.6 Å². The van der Waals surface area contributed by atoms with Crippen LogP contribution in [0.2, 0.25) is 0 Å². The lowest BCUT2D eigenvalue weighted by Crippen LogP contribution is -2.37. The first kappa shape index (κ1) is 18.4. The summed E-state index contributed by atoms with van der Waals surface area (Å²) in [5.74, 6) is 0.538. The zero-order chi connectivity index (χ0) is 19.3. The second-order valence-corrected chi connectivity index (χ2v) is 7.43. The largest absolute Gasteiger partial charge is 0.484 e. The van der Waals surface area contributed by atoms with E-state index in [-0.39, 0.29) is 12.5 Å². The van der Waals surface area contributed by atoms with Gasteiger partial charge in [0, 0.05) is 24.0 Å². The maximum atomic E-state index is 12.2. The van der Waals surface area contributed by atoms with Gasteiger partial charge in [-0.2, -0.15) is 0 Å². The lowest BCUT2D eigenvalue weighted by Gasteiger charge is -2.35. The third-order valence-electron chi connectivity index (χ3n) is 5.38. The van der Waals surface area contributed by atoms with Gasteiger partial charge in [0.1, 0.15) is 5.75 Å². The van der Waals surface area contributed by atoms with Gasteiger partial charge in [0.05, 0.1) is 0 Å². The fraction of sp³-hybridized carbons (Fsp3) is 0.292. The van der Waals surface area contributed by atoms with Gasteiger partial charge in [0.25, 0.3) is 5.91 Å². The molecule has 3 aromatic rings. The Hall–Kier alpha value is -3.01. The van der Waals surface area contributed by atoms with Crippen LogP contribution < -0.4 is 15.0 Å². The second-order valence-electron chi connectivity index (χ2n) is 7.43. The van der Waals surface area contributed by atoms with Gasteiger partial charge in [-0.25, -0.2) is 0 Å². The number of carbonyl (C=O) groups excluding carboxylic acids is 1. The van der Waals surface area contributed by atoms with Crippen molar-refractivity contribution >= 4 is 28.1 Å². The molecule has 1 N–H and O–H groups in total. The summed E-state index contributed by atoms with van der Waals surface area (Å²) in [7, 11) is 0. The highest BCUT2D eigenvalue weighted by molar-refractivity contribution is 5.92. The van der Waals surface area contributed by atoms with Crippen LogP contribution in [0.3, 0.4) is 0 Å². The summed E-state index contributed by atoms with van der Waals surface area (Å²) in [5, 5.41) is 5.16. The van der Waals surface area contributed by atoms with Gasteiger partial charge in [-0.05, 0) is 73.4 Å². The molecule has 0 radical (unpaired) electrons. The minimum absolute atomic E-state index is 0.0107. The van der Waals surface area contributed by atoms with Gasteiger partial charge >= 0.3 is 0 Å². The van der Waals surface area contributed by atoms with Crippen LogP contribution in [0.1, 0.15) is 26.2 Å². The molecule has 0 bridgehead atoms. The highest BCUT2D eigenvalue weighted by Gasteiger charge is 2.18. The van der Waals surface area contributed by atoms with Gasteiger partial charge in [0.15, 0.2) is 6.61 Å². The number of hydrogen-bond donors (Lipinski definition) is 1. The number of rotatable bonds is 5. The fourth-order valence-corrected chi connectivity index (χ4v) is 3.82. The van der Waals surface area contributed by atoms with Crippen LogP contribution in [0.25, 0.3) is 10.8 Å². The quantitative estimate of drug-likeness (QED) is 0.664. The minimum Gasteiger partial charge on any atom is -0.484 e. The van der Waals surface area contributed by atoms with Gasteiger partial charge in [-0.15, -0.1) is 0 Å². The van der Waals surface area contributed by atoms with Crippen molar-refractivity contribution in [3.63, 3.8) is 0 Å². The number of hydrogen-bond acceptors (Lipinski definition) is 3. The Balaban J connectivity index is 1.33. The fourth-order valence-electron chi connectivity index (χ4n) is 3.82. The number of anilines is 2. The third kappa shape index (κ3) is 4.28. The average molecular weight is 374 g/mol. The van der Waals surface area contributed by atoms with E-state index in [9.17, 15) is 4.79 Å². The number of ether oxygens (including phenoxy) is 1. The molecule has 4 heteroatoms. The van der Waals surface area contributed by atoms with Crippen molar-refractivity contribution in [1.82, 2.24) is 0 Å². The second kappa shape index (κ2) is 8.34. The molecule has 28 heavy (non-hydrogen) atoms. The summed E-state index contributed by atoms with van der Waals surface area (Å²) in [5.41, 5.74) is 2.01. The molecule has 0 aromatic heterocycles. The first-order valence-corrected chi connectivity index (χ1v) is 9.97. The Bertz CT molecular complexity index is 952. The highest BCUT2D eigenvalue weighted by atomic mass is 16.5. The zero-order valence-corrected chi connectivity index (χ0v) is 16.2. The van der Waals surface area contributed by atoms with E-state index in [0.717, 1.165) is 23.0 Å². The van der Waals surface area contributed by atoms with E-state index in [4.69, 9.17) is 4.74 Å².